The number of nitrogens with two attached hydrogens (primary N) is 1. The molecular formula is C13H18Cl2N2O2S. The lowest BCUT2D eigenvalue weighted by Crippen LogP contribution is -2.33. The van der Waals surface area contributed by atoms with Gasteiger partial charge in [0, 0.05) is 24.2 Å². The Hall–Kier alpha value is -0.330. The summed E-state index contributed by atoms with van der Waals surface area (Å²) in [4.78, 5) is 0.311. The summed E-state index contributed by atoms with van der Waals surface area (Å²) in [7, 11) is -3.40. The maximum Gasteiger partial charge on any atom is 0.243 e. The van der Waals surface area contributed by atoms with Crippen molar-refractivity contribution >= 4 is 34.0 Å². The van der Waals surface area contributed by atoms with E-state index < -0.39 is 10.0 Å². The van der Waals surface area contributed by atoms with E-state index >= 15 is 0 Å². The van der Waals surface area contributed by atoms with Crippen molar-refractivity contribution in [1.82, 2.24) is 4.31 Å². The zero-order valence-corrected chi connectivity index (χ0v) is 13.3. The van der Waals surface area contributed by atoms with E-state index in [0.29, 0.717) is 34.8 Å². The molecule has 7 heteroatoms. The fourth-order valence-corrected chi connectivity index (χ4v) is 4.88. The number of rotatable bonds is 2. The molecule has 1 saturated carbocycles. The largest absolute Gasteiger partial charge is 0.327 e. The van der Waals surface area contributed by atoms with Crippen LogP contribution in [0.25, 0.3) is 0 Å². The molecule has 0 amide bonds. The van der Waals surface area contributed by atoms with Crippen molar-refractivity contribution in [3.05, 3.63) is 29.3 Å². The van der Waals surface area contributed by atoms with Gasteiger partial charge in [-0.25, -0.2) is 8.42 Å². The maximum absolute atomic E-state index is 12.5. The Balaban J connectivity index is 0.00000147. The van der Waals surface area contributed by atoms with Gasteiger partial charge < -0.3 is 5.73 Å². The van der Waals surface area contributed by atoms with E-state index in [1.54, 1.807) is 28.6 Å². The zero-order valence-electron chi connectivity index (χ0n) is 10.9. The molecule has 1 aliphatic carbocycles. The summed E-state index contributed by atoms with van der Waals surface area (Å²) in [6.45, 7) is 1.15. The summed E-state index contributed by atoms with van der Waals surface area (Å²) in [6.07, 6.45) is 2.06. The zero-order chi connectivity index (χ0) is 13.6. The second kappa shape index (κ2) is 5.81. The quantitative estimate of drug-likeness (QED) is 0.899. The van der Waals surface area contributed by atoms with E-state index in [1.165, 1.54) is 0 Å². The normalized spacial score (nSPS) is 30.0. The highest BCUT2D eigenvalue weighted by Crippen LogP contribution is 2.39. The molecule has 1 aromatic rings. The van der Waals surface area contributed by atoms with Crippen LogP contribution in [0.2, 0.25) is 5.02 Å². The van der Waals surface area contributed by atoms with Gasteiger partial charge in [-0.3, -0.25) is 0 Å². The molecule has 20 heavy (non-hydrogen) atoms. The van der Waals surface area contributed by atoms with Crippen LogP contribution in [-0.2, 0) is 10.0 Å². The standard InChI is InChI=1S/C13H17ClN2O2S.ClH/c14-10-2-4-11(5-3-10)19(17,18)16-7-9-1-6-13(15)12(9)8-16;/h2-5,9,12-13H,1,6-8,15H2;1H. The van der Waals surface area contributed by atoms with Crippen LogP contribution >= 0.6 is 24.0 Å². The van der Waals surface area contributed by atoms with Crippen molar-refractivity contribution in [2.75, 3.05) is 13.1 Å². The molecule has 0 radical (unpaired) electrons. The van der Waals surface area contributed by atoms with Gasteiger partial charge in [0.2, 0.25) is 10.0 Å². The summed E-state index contributed by atoms with van der Waals surface area (Å²) in [5.41, 5.74) is 6.05. The Morgan fingerprint density at radius 2 is 1.80 bits per heavy atom. The van der Waals surface area contributed by atoms with E-state index in [1.807, 2.05) is 0 Å². The van der Waals surface area contributed by atoms with Gasteiger partial charge in [-0.15, -0.1) is 12.4 Å². The number of benzene rings is 1. The third-order valence-electron chi connectivity index (χ3n) is 4.33. The van der Waals surface area contributed by atoms with Crippen LogP contribution in [0.5, 0.6) is 0 Å². The maximum atomic E-state index is 12.5. The van der Waals surface area contributed by atoms with Crippen molar-refractivity contribution in [1.29, 1.82) is 0 Å². The third-order valence-corrected chi connectivity index (χ3v) is 6.43. The molecule has 3 atom stereocenters. The predicted octanol–water partition coefficient (Wildman–Crippen LogP) is 2.12. The van der Waals surface area contributed by atoms with Crippen molar-refractivity contribution < 1.29 is 8.42 Å². The number of hydrogen-bond acceptors (Lipinski definition) is 3. The van der Waals surface area contributed by atoms with Crippen molar-refractivity contribution in [3.8, 4) is 0 Å². The monoisotopic (exact) mass is 336 g/mol. The molecule has 1 aromatic carbocycles. The first-order valence-electron chi connectivity index (χ1n) is 6.50. The molecule has 1 saturated heterocycles. The average molecular weight is 337 g/mol. The summed E-state index contributed by atoms with van der Waals surface area (Å²) in [5, 5.41) is 0.541. The smallest absolute Gasteiger partial charge is 0.243 e. The molecule has 3 unspecified atom stereocenters. The molecule has 0 spiro atoms. The van der Waals surface area contributed by atoms with Crippen molar-refractivity contribution in [2.24, 2.45) is 17.6 Å². The molecule has 112 valence electrons. The van der Waals surface area contributed by atoms with Crippen molar-refractivity contribution in [3.63, 3.8) is 0 Å². The minimum absolute atomic E-state index is 0. The van der Waals surface area contributed by atoms with Crippen LogP contribution in [0.4, 0.5) is 0 Å². The lowest BCUT2D eigenvalue weighted by molar-refractivity contribution is 0.427. The third kappa shape index (κ3) is 2.70. The van der Waals surface area contributed by atoms with Crippen LogP contribution in [0.1, 0.15) is 12.8 Å². The first kappa shape index (κ1) is 16.0. The fourth-order valence-electron chi connectivity index (χ4n) is 3.22. The van der Waals surface area contributed by atoms with Gasteiger partial charge in [0.25, 0.3) is 0 Å². The molecule has 1 aliphatic heterocycles. The van der Waals surface area contributed by atoms with Gasteiger partial charge in [-0.2, -0.15) is 4.31 Å². The molecule has 2 N–H and O–H groups in total. The predicted molar refractivity (Wildman–Crippen MR) is 81.6 cm³/mol. The van der Waals surface area contributed by atoms with Gasteiger partial charge in [0.1, 0.15) is 0 Å². The van der Waals surface area contributed by atoms with E-state index in [0.717, 1.165) is 12.8 Å². The number of halogens is 2. The van der Waals surface area contributed by atoms with E-state index in [4.69, 9.17) is 17.3 Å². The Kier molecular flexibility index (Phi) is 4.66. The lowest BCUT2D eigenvalue weighted by Gasteiger charge is -2.18. The topological polar surface area (TPSA) is 63.4 Å². The van der Waals surface area contributed by atoms with E-state index in [2.05, 4.69) is 0 Å². The Morgan fingerprint density at radius 1 is 1.15 bits per heavy atom. The summed E-state index contributed by atoms with van der Waals surface area (Å²) in [5.74, 6) is 0.749. The number of fused-ring (bicyclic) bond motifs is 1. The second-order valence-corrected chi connectivity index (χ2v) is 7.82. The van der Waals surface area contributed by atoms with Crippen LogP contribution in [-0.4, -0.2) is 31.9 Å². The highest BCUT2D eigenvalue weighted by atomic mass is 35.5. The van der Waals surface area contributed by atoms with Gasteiger partial charge in [-0.05, 0) is 48.9 Å². The number of nitrogens with zero attached hydrogens (tertiary/aromatic N) is 1. The molecule has 0 aromatic heterocycles. The second-order valence-electron chi connectivity index (χ2n) is 5.44. The molecule has 1 heterocycles. The highest BCUT2D eigenvalue weighted by molar-refractivity contribution is 7.89. The first-order chi connectivity index (χ1) is 8.98. The molecule has 3 rings (SSSR count). The molecular weight excluding hydrogens is 319 g/mol. The van der Waals surface area contributed by atoms with Gasteiger partial charge in [0.05, 0.1) is 4.90 Å². The Labute approximate surface area is 130 Å². The molecule has 2 aliphatic rings. The van der Waals surface area contributed by atoms with Gasteiger partial charge in [0.15, 0.2) is 0 Å². The molecule has 0 bridgehead atoms. The van der Waals surface area contributed by atoms with Crippen LogP contribution in [0, 0.1) is 11.8 Å². The first-order valence-corrected chi connectivity index (χ1v) is 8.31. The van der Waals surface area contributed by atoms with Crippen molar-refractivity contribution in [2.45, 2.75) is 23.8 Å². The summed E-state index contributed by atoms with van der Waals surface area (Å²) >= 11 is 5.79. The molecule has 2 fully saturated rings. The fraction of sp³-hybridized carbons (Fsp3) is 0.538. The summed E-state index contributed by atoms with van der Waals surface area (Å²) < 4.78 is 26.6. The van der Waals surface area contributed by atoms with Gasteiger partial charge in [-0.1, -0.05) is 11.6 Å². The highest BCUT2D eigenvalue weighted by Gasteiger charge is 2.44. The minimum Gasteiger partial charge on any atom is -0.327 e. The number of sulfonamides is 1. The number of hydrogen-bond donors (Lipinski definition) is 1. The average Bonchev–Trinajstić information content (AvgIpc) is 2.93. The Morgan fingerprint density at radius 3 is 2.40 bits per heavy atom. The van der Waals surface area contributed by atoms with E-state index in [9.17, 15) is 8.42 Å². The van der Waals surface area contributed by atoms with Crippen LogP contribution in [0.3, 0.4) is 0 Å². The Bertz CT molecular complexity index is 577. The minimum atomic E-state index is -3.40. The van der Waals surface area contributed by atoms with Crippen LogP contribution < -0.4 is 5.73 Å². The van der Waals surface area contributed by atoms with Crippen LogP contribution in [0.15, 0.2) is 29.2 Å². The summed E-state index contributed by atoms with van der Waals surface area (Å²) in [6, 6.07) is 6.49. The molecule has 4 nitrogen and oxygen atoms in total. The van der Waals surface area contributed by atoms with Gasteiger partial charge >= 0.3 is 0 Å². The SMILES string of the molecule is Cl.NC1CCC2CN(S(=O)(=O)c3ccc(Cl)cc3)CC12. The van der Waals surface area contributed by atoms with E-state index in [-0.39, 0.29) is 18.4 Å². The lowest BCUT2D eigenvalue weighted by atomic mass is 9.98.